The minimum absolute atomic E-state index is 0.0869. The number of carbonyl (C=O) groups excluding carboxylic acids is 2. The van der Waals surface area contributed by atoms with Crippen molar-refractivity contribution in [1.82, 2.24) is 10.6 Å². The summed E-state index contributed by atoms with van der Waals surface area (Å²) in [7, 11) is 0. The van der Waals surface area contributed by atoms with E-state index in [1.807, 2.05) is 48.5 Å². The number of benzene rings is 4. The van der Waals surface area contributed by atoms with E-state index in [1.165, 1.54) is 5.56 Å². The molecule has 0 aliphatic carbocycles. The molecule has 8 heteroatoms. The van der Waals surface area contributed by atoms with Crippen molar-refractivity contribution in [1.29, 1.82) is 0 Å². The van der Waals surface area contributed by atoms with Gasteiger partial charge in [0.15, 0.2) is 5.11 Å². The molecule has 0 fully saturated rings. The second-order valence-corrected chi connectivity index (χ2v) is 9.94. The molecule has 4 rings (SSSR count). The molecule has 0 bridgehead atoms. The van der Waals surface area contributed by atoms with E-state index in [9.17, 15) is 9.59 Å². The van der Waals surface area contributed by atoms with Gasteiger partial charge >= 0.3 is 0 Å². The number of para-hydroxylation sites is 1. The van der Waals surface area contributed by atoms with Crippen molar-refractivity contribution < 1.29 is 14.3 Å². The number of amides is 2. The van der Waals surface area contributed by atoms with Crippen LogP contribution in [0.25, 0.3) is 0 Å². The van der Waals surface area contributed by atoms with Crippen LogP contribution in [0.15, 0.2) is 108 Å². The van der Waals surface area contributed by atoms with Crippen LogP contribution < -0.4 is 20.7 Å². The van der Waals surface area contributed by atoms with Gasteiger partial charge in [-0.15, -0.1) is 0 Å². The zero-order valence-electron chi connectivity index (χ0n) is 21.2. The molecule has 0 unspecified atom stereocenters. The van der Waals surface area contributed by atoms with Crippen LogP contribution in [0.1, 0.15) is 31.8 Å². The van der Waals surface area contributed by atoms with Gasteiger partial charge in [0.25, 0.3) is 11.8 Å². The third kappa shape index (κ3) is 8.49. The zero-order valence-corrected chi connectivity index (χ0v) is 23.6. The van der Waals surface area contributed by atoms with Gasteiger partial charge in [0, 0.05) is 18.5 Å². The third-order valence-electron chi connectivity index (χ3n) is 5.87. The Morgan fingerprint density at radius 2 is 1.41 bits per heavy atom. The van der Waals surface area contributed by atoms with Crippen molar-refractivity contribution >= 4 is 50.8 Å². The van der Waals surface area contributed by atoms with E-state index in [4.69, 9.17) is 17.0 Å². The smallest absolute Gasteiger partial charge is 0.257 e. The highest BCUT2D eigenvalue weighted by atomic mass is 79.9. The number of hydrogen-bond donors (Lipinski definition) is 3. The number of nitrogens with one attached hydrogen (secondary N) is 3. The van der Waals surface area contributed by atoms with Crippen LogP contribution in [0.2, 0.25) is 0 Å². The van der Waals surface area contributed by atoms with E-state index in [2.05, 4.69) is 44.0 Å². The molecule has 0 aliphatic heterocycles. The van der Waals surface area contributed by atoms with Crippen molar-refractivity contribution in [3.63, 3.8) is 0 Å². The minimum Gasteiger partial charge on any atom is -0.492 e. The first-order chi connectivity index (χ1) is 19.0. The summed E-state index contributed by atoms with van der Waals surface area (Å²) >= 11 is 8.85. The number of anilines is 1. The van der Waals surface area contributed by atoms with E-state index in [-0.39, 0.29) is 16.9 Å². The molecule has 0 aromatic heterocycles. The van der Waals surface area contributed by atoms with Gasteiger partial charge in [0.1, 0.15) is 5.75 Å². The molecular weight excluding hydrogens is 574 g/mol. The Morgan fingerprint density at radius 1 is 0.769 bits per heavy atom. The van der Waals surface area contributed by atoms with Crippen LogP contribution in [-0.2, 0) is 12.8 Å². The highest BCUT2D eigenvalue weighted by Gasteiger charge is 2.14. The average molecular weight is 603 g/mol. The fourth-order valence-corrected chi connectivity index (χ4v) is 4.56. The molecule has 4 aromatic rings. The van der Waals surface area contributed by atoms with Gasteiger partial charge in [-0.1, -0.05) is 72.8 Å². The van der Waals surface area contributed by atoms with Crippen LogP contribution in [-0.4, -0.2) is 30.1 Å². The lowest BCUT2D eigenvalue weighted by Gasteiger charge is -2.14. The normalized spacial score (nSPS) is 10.4. The summed E-state index contributed by atoms with van der Waals surface area (Å²) in [5, 5.41) is 8.67. The number of ether oxygens (including phenoxy) is 1. The van der Waals surface area contributed by atoms with E-state index in [0.29, 0.717) is 40.2 Å². The molecule has 0 saturated heterocycles. The van der Waals surface area contributed by atoms with Gasteiger partial charge < -0.3 is 15.4 Å². The molecule has 0 spiro atoms. The van der Waals surface area contributed by atoms with Crippen molar-refractivity contribution in [3.05, 3.63) is 130 Å². The number of carbonyl (C=O) groups is 2. The molecule has 3 N–H and O–H groups in total. The molecule has 39 heavy (non-hydrogen) atoms. The second kappa shape index (κ2) is 14.2. The zero-order chi connectivity index (χ0) is 27.5. The maximum absolute atomic E-state index is 12.8. The van der Waals surface area contributed by atoms with Gasteiger partial charge in [-0.25, -0.2) is 0 Å². The van der Waals surface area contributed by atoms with Crippen LogP contribution in [0.3, 0.4) is 0 Å². The molecule has 0 heterocycles. The SMILES string of the molecule is O=C(NC(=S)Nc1ccccc1C(=O)NCCc1ccccc1)c1ccc(OCCc2ccccc2)c(Br)c1. The highest BCUT2D eigenvalue weighted by Crippen LogP contribution is 2.26. The van der Waals surface area contributed by atoms with Gasteiger partial charge in [-0.3, -0.25) is 14.9 Å². The molecule has 198 valence electrons. The summed E-state index contributed by atoms with van der Waals surface area (Å²) in [5.41, 5.74) is 3.68. The Morgan fingerprint density at radius 3 is 2.10 bits per heavy atom. The molecule has 0 aliphatic rings. The fraction of sp³-hybridized carbons (Fsp3) is 0.129. The first-order valence-electron chi connectivity index (χ1n) is 12.5. The van der Waals surface area contributed by atoms with E-state index in [0.717, 1.165) is 18.4 Å². The summed E-state index contributed by atoms with van der Waals surface area (Å²) in [6.45, 7) is 1.01. The summed E-state index contributed by atoms with van der Waals surface area (Å²) < 4.78 is 6.54. The molecule has 0 saturated carbocycles. The average Bonchev–Trinajstić information content (AvgIpc) is 2.95. The summed E-state index contributed by atoms with van der Waals surface area (Å²) in [6, 6.07) is 32.2. The Labute approximate surface area is 241 Å². The fourth-order valence-electron chi connectivity index (χ4n) is 3.86. The first-order valence-corrected chi connectivity index (χ1v) is 13.7. The Balaban J connectivity index is 1.29. The van der Waals surface area contributed by atoms with Crippen molar-refractivity contribution in [2.45, 2.75) is 12.8 Å². The molecule has 2 amide bonds. The van der Waals surface area contributed by atoms with Crippen molar-refractivity contribution in [2.24, 2.45) is 0 Å². The van der Waals surface area contributed by atoms with Gasteiger partial charge in [-0.05, 0) is 76.0 Å². The maximum Gasteiger partial charge on any atom is 0.257 e. The Hall–Kier alpha value is -4.01. The molecule has 0 radical (unpaired) electrons. The minimum atomic E-state index is -0.381. The van der Waals surface area contributed by atoms with E-state index < -0.39 is 0 Å². The second-order valence-electron chi connectivity index (χ2n) is 8.67. The maximum atomic E-state index is 12.8. The highest BCUT2D eigenvalue weighted by molar-refractivity contribution is 9.10. The van der Waals surface area contributed by atoms with Gasteiger partial charge in [0.2, 0.25) is 0 Å². The van der Waals surface area contributed by atoms with Crippen LogP contribution in [0, 0.1) is 0 Å². The number of hydrogen-bond acceptors (Lipinski definition) is 4. The largest absolute Gasteiger partial charge is 0.492 e. The standard InChI is InChI=1S/C31H28BrN3O3S/c32-26-21-24(15-16-28(26)38-20-18-23-11-5-2-6-12-23)29(36)35-31(39)34-27-14-8-7-13-25(27)30(37)33-19-17-22-9-3-1-4-10-22/h1-16,21H,17-20H2,(H,33,37)(H2,34,35,36,39). The third-order valence-corrected chi connectivity index (χ3v) is 6.70. The number of halogens is 1. The first kappa shape index (κ1) is 28.0. The van der Waals surface area contributed by atoms with Crippen molar-refractivity contribution in [3.8, 4) is 5.75 Å². The quantitative estimate of drug-likeness (QED) is 0.189. The summed E-state index contributed by atoms with van der Waals surface area (Å²) in [6.07, 6.45) is 1.51. The van der Waals surface area contributed by atoms with Gasteiger partial charge in [-0.2, -0.15) is 0 Å². The Bertz CT molecular complexity index is 1430. The monoisotopic (exact) mass is 601 g/mol. The summed E-state index contributed by atoms with van der Waals surface area (Å²) in [4.78, 5) is 25.6. The van der Waals surface area contributed by atoms with Crippen molar-refractivity contribution in [2.75, 3.05) is 18.5 Å². The van der Waals surface area contributed by atoms with Gasteiger partial charge in [0.05, 0.1) is 22.3 Å². The molecular formula is C31H28BrN3O3S. The number of rotatable bonds is 10. The Kier molecular flexibility index (Phi) is 10.2. The van der Waals surface area contributed by atoms with Crippen LogP contribution in [0.4, 0.5) is 5.69 Å². The van der Waals surface area contributed by atoms with E-state index in [1.54, 1.807) is 42.5 Å². The van der Waals surface area contributed by atoms with Crippen LogP contribution in [0.5, 0.6) is 5.75 Å². The number of thiocarbonyl (C=S) groups is 1. The lowest BCUT2D eigenvalue weighted by molar-refractivity contribution is 0.0953. The van der Waals surface area contributed by atoms with E-state index >= 15 is 0 Å². The predicted octanol–water partition coefficient (Wildman–Crippen LogP) is 6.17. The lowest BCUT2D eigenvalue weighted by atomic mass is 10.1. The van der Waals surface area contributed by atoms with Crippen LogP contribution >= 0.6 is 28.1 Å². The topological polar surface area (TPSA) is 79.5 Å². The molecule has 4 aromatic carbocycles. The molecule has 6 nitrogen and oxygen atoms in total. The predicted molar refractivity (Wildman–Crippen MR) is 162 cm³/mol. The summed E-state index contributed by atoms with van der Waals surface area (Å²) in [5.74, 6) is 0.0409. The molecule has 0 atom stereocenters. The lowest BCUT2D eigenvalue weighted by Crippen LogP contribution is -2.35.